The van der Waals surface area contributed by atoms with Crippen LogP contribution in [0.4, 0.5) is 5.82 Å². The van der Waals surface area contributed by atoms with Crippen LogP contribution in [-0.4, -0.2) is 31.4 Å². The molecule has 116 valence electrons. The van der Waals surface area contributed by atoms with E-state index < -0.39 is 16.1 Å². The second-order valence-corrected chi connectivity index (χ2v) is 7.37. The average molecular weight is 378 g/mol. The molecule has 0 spiro atoms. The number of nitrogens with zero attached hydrogens (tertiary/aromatic N) is 1. The van der Waals surface area contributed by atoms with E-state index >= 15 is 0 Å². The first-order valence-electron chi connectivity index (χ1n) is 6.28. The van der Waals surface area contributed by atoms with Crippen molar-refractivity contribution in [3.63, 3.8) is 0 Å². The Labute approximate surface area is 131 Å². The quantitative estimate of drug-likeness (QED) is 0.410. The lowest BCUT2D eigenvalue weighted by Crippen LogP contribution is -2.45. The number of anilines is 1. The van der Waals surface area contributed by atoms with Gasteiger partial charge in [0.25, 0.3) is 0 Å². The summed E-state index contributed by atoms with van der Waals surface area (Å²) in [4.78, 5) is 15.6. The third-order valence-electron chi connectivity index (χ3n) is 2.89. The van der Waals surface area contributed by atoms with Crippen LogP contribution in [0.5, 0.6) is 0 Å². The lowest BCUT2D eigenvalue weighted by atomic mass is 10.3. The number of sulfonamides is 1. The molecule has 8 nitrogen and oxygen atoms in total. The number of carbonyl (C=O) groups excluding carboxylic acids is 1. The molecule has 1 fully saturated rings. The van der Waals surface area contributed by atoms with Gasteiger partial charge in [-0.15, -0.1) is 0 Å². The minimum atomic E-state index is -3.93. The van der Waals surface area contributed by atoms with Gasteiger partial charge in [0.1, 0.15) is 4.90 Å². The second kappa shape index (κ2) is 6.26. The summed E-state index contributed by atoms with van der Waals surface area (Å²) in [5.41, 5.74) is 2.22. The summed E-state index contributed by atoms with van der Waals surface area (Å²) in [6, 6.07) is 0.634. The number of nitrogens with two attached hydrogens (primary N) is 1. The number of carbonyl (C=O) groups is 1. The summed E-state index contributed by atoms with van der Waals surface area (Å²) < 4.78 is 27.5. The monoisotopic (exact) mass is 377 g/mol. The molecule has 1 aromatic heterocycles. The van der Waals surface area contributed by atoms with Crippen LogP contribution in [0.15, 0.2) is 21.6 Å². The first-order valence-corrected chi connectivity index (χ1v) is 8.56. The minimum absolute atomic E-state index is 0.000464. The van der Waals surface area contributed by atoms with E-state index in [2.05, 4.69) is 36.4 Å². The number of rotatable bonds is 6. The average Bonchev–Trinajstić information content (AvgIpc) is 3.22. The topological polar surface area (TPSA) is 126 Å². The fourth-order valence-electron chi connectivity index (χ4n) is 1.64. The van der Waals surface area contributed by atoms with Crippen LogP contribution in [0, 0.1) is 0 Å². The van der Waals surface area contributed by atoms with Crippen LogP contribution >= 0.6 is 15.9 Å². The summed E-state index contributed by atoms with van der Waals surface area (Å²) in [6.07, 6.45) is 3.28. The van der Waals surface area contributed by atoms with Gasteiger partial charge < -0.3 is 10.7 Å². The number of aromatic nitrogens is 1. The third-order valence-corrected chi connectivity index (χ3v) is 4.88. The molecule has 1 heterocycles. The lowest BCUT2D eigenvalue weighted by molar-refractivity contribution is -0.122. The van der Waals surface area contributed by atoms with Crippen LogP contribution in [0.2, 0.25) is 0 Å². The number of amides is 1. The van der Waals surface area contributed by atoms with Gasteiger partial charge in [-0.2, -0.15) is 4.72 Å². The number of nitrogens with one attached hydrogen (secondary N) is 3. The van der Waals surface area contributed by atoms with Crippen molar-refractivity contribution in [3.05, 3.63) is 16.7 Å². The molecule has 1 amide bonds. The molecule has 10 heteroatoms. The Morgan fingerprint density at radius 3 is 2.76 bits per heavy atom. The maximum Gasteiger partial charge on any atom is 0.245 e. The number of hydrogen-bond donors (Lipinski definition) is 4. The molecule has 5 N–H and O–H groups in total. The van der Waals surface area contributed by atoms with Gasteiger partial charge in [-0.3, -0.25) is 4.79 Å². The minimum Gasteiger partial charge on any atom is -0.352 e. The number of nitrogen functional groups attached to an aromatic ring is 1. The molecule has 0 aliphatic heterocycles. The first-order chi connectivity index (χ1) is 9.83. The Balaban J connectivity index is 2.17. The summed E-state index contributed by atoms with van der Waals surface area (Å²) in [7, 11) is -3.93. The predicted octanol–water partition coefficient (Wildman–Crippen LogP) is 0.0751. The molecule has 1 aliphatic rings. The number of hydrogen-bond acceptors (Lipinski definition) is 6. The molecule has 1 unspecified atom stereocenters. The van der Waals surface area contributed by atoms with Crippen molar-refractivity contribution in [2.24, 2.45) is 5.84 Å². The molecule has 0 radical (unpaired) electrons. The van der Waals surface area contributed by atoms with Crippen LogP contribution in [0.1, 0.15) is 19.8 Å². The van der Waals surface area contributed by atoms with Crippen LogP contribution < -0.4 is 21.3 Å². The summed E-state index contributed by atoms with van der Waals surface area (Å²) >= 11 is 3.15. The maximum absolute atomic E-state index is 12.3. The summed E-state index contributed by atoms with van der Waals surface area (Å²) in [5.74, 6) is 4.91. The third kappa shape index (κ3) is 4.13. The van der Waals surface area contributed by atoms with Crippen molar-refractivity contribution in [1.82, 2.24) is 15.0 Å². The van der Waals surface area contributed by atoms with Gasteiger partial charge in [-0.25, -0.2) is 19.2 Å². The highest BCUT2D eigenvalue weighted by Gasteiger charge is 2.29. The van der Waals surface area contributed by atoms with Crippen molar-refractivity contribution >= 4 is 37.7 Å². The molecule has 0 saturated heterocycles. The molecule has 1 saturated carbocycles. The largest absolute Gasteiger partial charge is 0.352 e. The van der Waals surface area contributed by atoms with Gasteiger partial charge in [0.05, 0.1) is 6.04 Å². The number of halogens is 1. The SMILES string of the molecule is CC(NS(=O)(=O)c1cc(Br)cnc1NN)C(=O)NC1CC1. The maximum atomic E-state index is 12.3. The summed E-state index contributed by atoms with van der Waals surface area (Å²) in [6.45, 7) is 1.48. The zero-order valence-corrected chi connectivity index (χ0v) is 13.7. The normalized spacial score (nSPS) is 16.3. The number of pyridine rings is 1. The molecule has 1 atom stereocenters. The van der Waals surface area contributed by atoms with Crippen molar-refractivity contribution in [1.29, 1.82) is 0 Å². The van der Waals surface area contributed by atoms with E-state index in [9.17, 15) is 13.2 Å². The molecule has 2 rings (SSSR count). The van der Waals surface area contributed by atoms with Crippen molar-refractivity contribution in [3.8, 4) is 0 Å². The standard InChI is InChI=1S/C11H16BrN5O3S/c1-6(11(18)15-8-2-3-8)17-21(19,20)9-4-7(12)5-14-10(9)16-13/h4-6,8,17H,2-3,13H2,1H3,(H,14,16)(H,15,18). The van der Waals surface area contributed by atoms with Crippen molar-refractivity contribution in [2.75, 3.05) is 5.43 Å². The lowest BCUT2D eigenvalue weighted by Gasteiger charge is -2.15. The number of hydrazine groups is 1. The predicted molar refractivity (Wildman–Crippen MR) is 80.7 cm³/mol. The smallest absolute Gasteiger partial charge is 0.245 e. The molecule has 1 aliphatic carbocycles. The van der Waals surface area contributed by atoms with Gasteiger partial charge in [0, 0.05) is 16.7 Å². The Hall–Kier alpha value is -1.23. The van der Waals surface area contributed by atoms with Crippen molar-refractivity contribution < 1.29 is 13.2 Å². The van der Waals surface area contributed by atoms with E-state index in [0.717, 1.165) is 12.8 Å². The fraction of sp³-hybridized carbons (Fsp3) is 0.455. The van der Waals surface area contributed by atoms with Gasteiger partial charge in [0.15, 0.2) is 5.82 Å². The van der Waals surface area contributed by atoms with E-state index in [0.29, 0.717) is 4.47 Å². The highest BCUT2D eigenvalue weighted by Crippen LogP contribution is 2.22. The van der Waals surface area contributed by atoms with Gasteiger partial charge in [0.2, 0.25) is 15.9 Å². The van der Waals surface area contributed by atoms with E-state index in [-0.39, 0.29) is 22.7 Å². The Kier molecular flexibility index (Phi) is 4.81. The van der Waals surface area contributed by atoms with Crippen LogP contribution in [0.3, 0.4) is 0 Å². The first kappa shape index (κ1) is 16.1. The molecule has 21 heavy (non-hydrogen) atoms. The highest BCUT2D eigenvalue weighted by atomic mass is 79.9. The van der Waals surface area contributed by atoms with Crippen LogP contribution in [-0.2, 0) is 14.8 Å². The summed E-state index contributed by atoms with van der Waals surface area (Å²) in [5, 5.41) is 2.74. The van der Waals surface area contributed by atoms with Gasteiger partial charge >= 0.3 is 0 Å². The van der Waals surface area contributed by atoms with E-state index in [1.807, 2.05) is 0 Å². The van der Waals surface area contributed by atoms with E-state index in [1.165, 1.54) is 19.2 Å². The Bertz CT molecular complexity index is 647. The highest BCUT2D eigenvalue weighted by molar-refractivity contribution is 9.10. The van der Waals surface area contributed by atoms with Crippen molar-refractivity contribution in [2.45, 2.75) is 36.7 Å². The van der Waals surface area contributed by atoms with Crippen LogP contribution in [0.25, 0.3) is 0 Å². The van der Waals surface area contributed by atoms with Gasteiger partial charge in [-0.1, -0.05) is 0 Å². The van der Waals surface area contributed by atoms with E-state index in [4.69, 9.17) is 5.84 Å². The zero-order chi connectivity index (χ0) is 15.6. The molecule has 0 bridgehead atoms. The second-order valence-electron chi connectivity index (χ2n) is 4.77. The molecule has 0 aromatic carbocycles. The Morgan fingerprint density at radius 1 is 1.52 bits per heavy atom. The molecular formula is C11H16BrN5O3S. The zero-order valence-electron chi connectivity index (χ0n) is 11.3. The van der Waals surface area contributed by atoms with Gasteiger partial charge in [-0.05, 0) is 41.8 Å². The Morgan fingerprint density at radius 2 is 2.19 bits per heavy atom. The van der Waals surface area contributed by atoms with E-state index in [1.54, 1.807) is 0 Å². The fourth-order valence-corrected chi connectivity index (χ4v) is 3.47. The molecular weight excluding hydrogens is 362 g/mol. The molecule has 1 aromatic rings.